The molecule has 0 saturated carbocycles. The maximum atomic E-state index is 13.4. The van der Waals surface area contributed by atoms with Gasteiger partial charge in [0.2, 0.25) is 0 Å². The summed E-state index contributed by atoms with van der Waals surface area (Å²) < 4.78 is 19.1. The zero-order chi connectivity index (χ0) is 24.0. The molecule has 8 heteroatoms. The monoisotopic (exact) mass is 472 g/mol. The second-order valence-corrected chi connectivity index (χ2v) is 8.57. The smallest absolute Gasteiger partial charge is 0.254 e. The van der Waals surface area contributed by atoms with E-state index < -0.39 is 0 Å². The van der Waals surface area contributed by atoms with Gasteiger partial charge in [0, 0.05) is 43.2 Å². The summed E-state index contributed by atoms with van der Waals surface area (Å²) in [6.45, 7) is 2.62. The minimum Gasteiger partial charge on any atom is -0.493 e. The Morgan fingerprint density at radius 1 is 1.11 bits per heavy atom. The van der Waals surface area contributed by atoms with Crippen molar-refractivity contribution in [2.24, 2.45) is 5.92 Å². The maximum absolute atomic E-state index is 13.4. The van der Waals surface area contributed by atoms with Gasteiger partial charge in [-0.2, -0.15) is 5.10 Å². The number of hydrogen-bond donors (Lipinski definition) is 0. The summed E-state index contributed by atoms with van der Waals surface area (Å²) in [6, 6.07) is 17.1. The van der Waals surface area contributed by atoms with Gasteiger partial charge < -0.3 is 19.1 Å². The Morgan fingerprint density at radius 2 is 2.06 bits per heavy atom. The number of methoxy groups -OCH3 is 1. The molecule has 5 rings (SSSR count). The molecule has 0 radical (unpaired) electrons. The summed E-state index contributed by atoms with van der Waals surface area (Å²) in [4.78, 5) is 19.6. The van der Waals surface area contributed by atoms with Crippen LogP contribution in [0.25, 0.3) is 5.52 Å². The first-order valence-corrected chi connectivity index (χ1v) is 11.7. The predicted molar refractivity (Wildman–Crippen MR) is 131 cm³/mol. The van der Waals surface area contributed by atoms with Gasteiger partial charge in [-0.15, -0.1) is 0 Å². The zero-order valence-electron chi connectivity index (χ0n) is 19.7. The second kappa shape index (κ2) is 10.6. The van der Waals surface area contributed by atoms with Crippen LogP contribution in [-0.2, 0) is 17.8 Å². The Morgan fingerprint density at radius 3 is 2.91 bits per heavy atom. The number of benzene rings is 1. The van der Waals surface area contributed by atoms with Gasteiger partial charge in [-0.05, 0) is 54.4 Å². The van der Waals surface area contributed by atoms with Crippen molar-refractivity contribution >= 4 is 11.4 Å². The largest absolute Gasteiger partial charge is 0.493 e. The molecule has 0 aliphatic carbocycles. The van der Waals surface area contributed by atoms with Gasteiger partial charge in [0.25, 0.3) is 5.91 Å². The highest BCUT2D eigenvalue weighted by Gasteiger charge is 2.25. The third-order valence-electron chi connectivity index (χ3n) is 6.17. The Kier molecular flexibility index (Phi) is 6.90. The van der Waals surface area contributed by atoms with Gasteiger partial charge in [-0.25, -0.2) is 4.52 Å². The highest BCUT2D eigenvalue weighted by Crippen LogP contribution is 2.29. The fourth-order valence-corrected chi connectivity index (χ4v) is 4.42. The number of amides is 1. The number of nitrogens with zero attached hydrogens (tertiary/aromatic N) is 4. The number of hydrogen-bond acceptors (Lipinski definition) is 6. The minimum atomic E-state index is -0.0439. The van der Waals surface area contributed by atoms with Crippen LogP contribution in [-0.4, -0.2) is 58.8 Å². The fourth-order valence-electron chi connectivity index (χ4n) is 4.42. The Balaban J connectivity index is 1.28. The molecule has 35 heavy (non-hydrogen) atoms. The van der Waals surface area contributed by atoms with E-state index in [2.05, 4.69) is 16.1 Å². The normalized spacial score (nSPS) is 16.1. The van der Waals surface area contributed by atoms with Crippen molar-refractivity contribution in [1.82, 2.24) is 19.5 Å². The van der Waals surface area contributed by atoms with E-state index in [-0.39, 0.29) is 11.8 Å². The van der Waals surface area contributed by atoms with Crippen molar-refractivity contribution in [3.63, 3.8) is 0 Å². The van der Waals surface area contributed by atoms with Crippen LogP contribution in [0.15, 0.2) is 73.2 Å². The SMILES string of the molecule is COc1cc(C(=O)N2CCOCC(Cc3cccn4nccc34)C2)ccc1OCc1ccccn1. The lowest BCUT2D eigenvalue weighted by Crippen LogP contribution is -2.36. The van der Waals surface area contributed by atoms with Crippen LogP contribution < -0.4 is 9.47 Å². The molecule has 0 spiro atoms. The molecule has 4 heterocycles. The molecule has 1 aliphatic rings. The van der Waals surface area contributed by atoms with E-state index in [1.54, 1.807) is 37.7 Å². The molecule has 0 bridgehead atoms. The zero-order valence-corrected chi connectivity index (χ0v) is 19.7. The lowest BCUT2D eigenvalue weighted by Gasteiger charge is -2.24. The molecule has 1 saturated heterocycles. The van der Waals surface area contributed by atoms with E-state index in [4.69, 9.17) is 14.2 Å². The summed E-state index contributed by atoms with van der Waals surface area (Å²) >= 11 is 0. The summed E-state index contributed by atoms with van der Waals surface area (Å²) in [6.07, 6.45) is 6.28. The highest BCUT2D eigenvalue weighted by atomic mass is 16.5. The first-order chi connectivity index (χ1) is 17.2. The third-order valence-corrected chi connectivity index (χ3v) is 6.17. The average molecular weight is 473 g/mol. The van der Waals surface area contributed by atoms with Crippen molar-refractivity contribution in [3.8, 4) is 11.5 Å². The van der Waals surface area contributed by atoms with Crippen LogP contribution in [0.2, 0.25) is 0 Å². The summed E-state index contributed by atoms with van der Waals surface area (Å²) in [5.74, 6) is 1.23. The van der Waals surface area contributed by atoms with Gasteiger partial charge in [-0.1, -0.05) is 12.1 Å². The van der Waals surface area contributed by atoms with E-state index in [1.807, 2.05) is 45.9 Å². The van der Waals surface area contributed by atoms with E-state index in [0.29, 0.717) is 50.0 Å². The van der Waals surface area contributed by atoms with Crippen LogP contribution in [0.4, 0.5) is 0 Å². The van der Waals surface area contributed by atoms with Crippen molar-refractivity contribution in [3.05, 3.63) is 90.0 Å². The molecule has 8 nitrogen and oxygen atoms in total. The van der Waals surface area contributed by atoms with E-state index >= 15 is 0 Å². The summed E-state index contributed by atoms with van der Waals surface area (Å²) in [7, 11) is 1.57. The Hall–Kier alpha value is -3.91. The number of aromatic nitrogens is 3. The van der Waals surface area contributed by atoms with Crippen molar-refractivity contribution in [2.45, 2.75) is 13.0 Å². The predicted octanol–water partition coefficient (Wildman–Crippen LogP) is 3.65. The highest BCUT2D eigenvalue weighted by molar-refractivity contribution is 5.95. The van der Waals surface area contributed by atoms with E-state index in [9.17, 15) is 4.79 Å². The maximum Gasteiger partial charge on any atom is 0.254 e. The topological polar surface area (TPSA) is 78.2 Å². The van der Waals surface area contributed by atoms with Crippen LogP contribution in [0.1, 0.15) is 21.6 Å². The van der Waals surface area contributed by atoms with E-state index in [0.717, 1.165) is 17.6 Å². The number of carbonyl (C=O) groups excluding carboxylic acids is 1. The molecule has 1 atom stereocenters. The van der Waals surface area contributed by atoms with E-state index in [1.165, 1.54) is 5.56 Å². The lowest BCUT2D eigenvalue weighted by molar-refractivity contribution is 0.0737. The molecule has 1 aromatic carbocycles. The van der Waals surface area contributed by atoms with Crippen LogP contribution in [0.5, 0.6) is 11.5 Å². The number of carbonyl (C=O) groups is 1. The third kappa shape index (κ3) is 5.27. The Labute approximate surface area is 204 Å². The molecule has 1 fully saturated rings. The lowest BCUT2D eigenvalue weighted by atomic mass is 9.99. The number of rotatable bonds is 7. The first-order valence-electron chi connectivity index (χ1n) is 11.7. The van der Waals surface area contributed by atoms with Gasteiger partial charge in [-0.3, -0.25) is 9.78 Å². The van der Waals surface area contributed by atoms with Crippen LogP contribution >= 0.6 is 0 Å². The van der Waals surface area contributed by atoms with Gasteiger partial charge >= 0.3 is 0 Å². The van der Waals surface area contributed by atoms with Crippen molar-refractivity contribution < 1.29 is 19.0 Å². The first kappa shape index (κ1) is 22.9. The molecule has 180 valence electrons. The minimum absolute atomic E-state index is 0.0439. The summed E-state index contributed by atoms with van der Waals surface area (Å²) in [5, 5.41) is 4.32. The van der Waals surface area contributed by atoms with Gasteiger partial charge in [0.1, 0.15) is 6.61 Å². The molecule has 0 N–H and O–H groups in total. The Bertz CT molecular complexity index is 1290. The quantitative estimate of drug-likeness (QED) is 0.409. The second-order valence-electron chi connectivity index (χ2n) is 8.57. The fraction of sp³-hybridized carbons (Fsp3) is 0.296. The molecule has 4 aromatic rings. The van der Waals surface area contributed by atoms with Crippen LogP contribution in [0.3, 0.4) is 0 Å². The van der Waals surface area contributed by atoms with Gasteiger partial charge in [0.15, 0.2) is 11.5 Å². The standard InChI is InChI=1S/C27H28N4O4/c1-33-26-16-22(7-8-25(26)35-19-23-6-2-3-10-28-23)27(32)30-13-14-34-18-20(17-30)15-21-5-4-12-31-24(21)9-11-29-31/h2-12,16,20H,13-15,17-19H2,1H3. The summed E-state index contributed by atoms with van der Waals surface area (Å²) in [5.41, 5.74) is 3.66. The molecule has 3 aromatic heterocycles. The van der Waals surface area contributed by atoms with Crippen molar-refractivity contribution in [2.75, 3.05) is 33.4 Å². The number of pyridine rings is 2. The molecule has 1 aliphatic heterocycles. The molecular formula is C27H28N4O4. The van der Waals surface area contributed by atoms with Crippen molar-refractivity contribution in [1.29, 1.82) is 0 Å². The molecule has 1 unspecified atom stereocenters. The molecule has 1 amide bonds. The molecular weight excluding hydrogens is 444 g/mol. The van der Waals surface area contributed by atoms with Crippen LogP contribution in [0, 0.1) is 5.92 Å². The number of ether oxygens (including phenoxy) is 3. The number of fused-ring (bicyclic) bond motifs is 1. The average Bonchev–Trinajstić information content (AvgIpc) is 3.27. The van der Waals surface area contributed by atoms with Gasteiger partial charge in [0.05, 0.1) is 31.5 Å².